The average molecular weight is 409 g/mol. The molecule has 0 saturated heterocycles. The van der Waals surface area contributed by atoms with Crippen molar-refractivity contribution < 1.29 is 23.8 Å². The lowest BCUT2D eigenvalue weighted by Gasteiger charge is -2.18. The van der Waals surface area contributed by atoms with E-state index in [1.54, 1.807) is 32.0 Å². The smallest absolute Gasteiger partial charge is 0.316 e. The highest BCUT2D eigenvalue weighted by Crippen LogP contribution is 2.30. The highest BCUT2D eigenvalue weighted by molar-refractivity contribution is 7.99. The van der Waals surface area contributed by atoms with Gasteiger partial charge >= 0.3 is 5.97 Å². The van der Waals surface area contributed by atoms with Crippen molar-refractivity contribution >= 4 is 35.3 Å². The molecule has 1 aromatic carbocycles. The van der Waals surface area contributed by atoms with Crippen LogP contribution in [0.5, 0.6) is 11.5 Å². The van der Waals surface area contributed by atoms with E-state index in [0.29, 0.717) is 22.3 Å². The third-order valence-corrected chi connectivity index (χ3v) is 4.66. The molecule has 0 bridgehead atoms. The number of rotatable bonds is 9. The molecule has 1 heterocycles. The van der Waals surface area contributed by atoms with E-state index in [-0.39, 0.29) is 30.2 Å². The predicted octanol–water partition coefficient (Wildman–Crippen LogP) is 1.73. The van der Waals surface area contributed by atoms with E-state index in [1.807, 2.05) is 0 Å². The summed E-state index contributed by atoms with van der Waals surface area (Å²) >= 11 is 1.09. The number of benzene rings is 1. The Bertz CT molecular complexity index is 841. The Hall–Kier alpha value is -2.95. The molecule has 0 saturated carbocycles. The van der Waals surface area contributed by atoms with Crippen LogP contribution in [-0.4, -0.2) is 53.2 Å². The van der Waals surface area contributed by atoms with Gasteiger partial charge in [0.05, 0.1) is 32.3 Å². The van der Waals surface area contributed by atoms with E-state index in [2.05, 4.69) is 15.5 Å². The number of nitrogen functional groups attached to an aromatic ring is 1. The van der Waals surface area contributed by atoms with E-state index in [4.69, 9.17) is 19.9 Å². The Balaban J connectivity index is 2.17. The molecule has 0 aliphatic rings. The first-order valence-corrected chi connectivity index (χ1v) is 9.41. The molecule has 0 spiro atoms. The minimum Gasteiger partial charge on any atom is -0.497 e. The normalized spacial score (nSPS) is 11.6. The summed E-state index contributed by atoms with van der Waals surface area (Å²) in [6, 6.07) is 4.32. The number of nitrogens with one attached hydrogen (secondary N) is 1. The number of methoxy groups -OCH3 is 2. The summed E-state index contributed by atoms with van der Waals surface area (Å²) in [6.07, 6.45) is 0. The minimum atomic E-state index is -0.740. The number of nitrogens with two attached hydrogens (primary N) is 1. The second-order valence-electron chi connectivity index (χ2n) is 5.54. The van der Waals surface area contributed by atoms with E-state index < -0.39 is 6.04 Å². The second kappa shape index (κ2) is 9.83. The lowest BCUT2D eigenvalue weighted by Crippen LogP contribution is -2.25. The fourth-order valence-corrected chi connectivity index (χ4v) is 3.16. The maximum absolute atomic E-state index is 12.8. The third-order valence-electron chi connectivity index (χ3n) is 3.75. The van der Waals surface area contributed by atoms with E-state index >= 15 is 0 Å². The Morgan fingerprint density at radius 3 is 2.68 bits per heavy atom. The summed E-state index contributed by atoms with van der Waals surface area (Å²) in [5.74, 6) is 0.388. The Labute approximate surface area is 166 Å². The molecule has 0 radical (unpaired) electrons. The lowest BCUT2D eigenvalue weighted by molar-refractivity contribution is -0.139. The van der Waals surface area contributed by atoms with Crippen LogP contribution in [0, 0.1) is 0 Å². The van der Waals surface area contributed by atoms with Crippen molar-refractivity contribution in [2.45, 2.75) is 25.0 Å². The molecule has 11 heteroatoms. The molecule has 1 aromatic heterocycles. The fraction of sp³-hybridized carbons (Fsp3) is 0.412. The number of hydrogen-bond acceptors (Lipinski definition) is 9. The number of aromatic nitrogens is 3. The summed E-state index contributed by atoms with van der Waals surface area (Å²) in [5.41, 5.74) is 6.33. The van der Waals surface area contributed by atoms with Gasteiger partial charge in [0.25, 0.3) is 0 Å². The van der Waals surface area contributed by atoms with Crippen molar-refractivity contribution in [1.29, 1.82) is 0 Å². The summed E-state index contributed by atoms with van der Waals surface area (Å²) in [5, 5.41) is 10.9. The molecule has 28 heavy (non-hydrogen) atoms. The summed E-state index contributed by atoms with van der Waals surface area (Å²) in [7, 11) is 3.03. The van der Waals surface area contributed by atoms with E-state index in [9.17, 15) is 9.59 Å². The van der Waals surface area contributed by atoms with Gasteiger partial charge in [0.1, 0.15) is 17.5 Å². The number of hydrogen-bond donors (Lipinski definition) is 2. The molecule has 0 aliphatic heterocycles. The Morgan fingerprint density at radius 1 is 1.29 bits per heavy atom. The monoisotopic (exact) mass is 409 g/mol. The largest absolute Gasteiger partial charge is 0.497 e. The Morgan fingerprint density at radius 2 is 2.04 bits per heavy atom. The first kappa shape index (κ1) is 21.4. The number of amides is 1. The van der Waals surface area contributed by atoms with Crippen LogP contribution >= 0.6 is 11.8 Å². The molecular formula is C17H23N5O5S. The van der Waals surface area contributed by atoms with Gasteiger partial charge in [-0.2, -0.15) is 0 Å². The number of anilines is 2. The molecule has 1 amide bonds. The number of carbonyl (C=O) groups excluding carboxylic acids is 2. The zero-order valence-corrected chi connectivity index (χ0v) is 16.9. The number of ether oxygens (including phenoxy) is 3. The standard InChI is InChI=1S/C17H23N5O5S/c1-5-27-14(23)9-28-17-21-20-16(18)22(17)10(2)15(24)19-12-8-11(25-3)6-7-13(12)26-4/h6-8,10H,5,9H2,1-4H3,(H2,18,20)(H,19,24). The molecule has 1 unspecified atom stereocenters. The molecular weight excluding hydrogens is 386 g/mol. The van der Waals surface area contributed by atoms with Crippen LogP contribution < -0.4 is 20.5 Å². The first-order chi connectivity index (χ1) is 13.4. The zero-order valence-electron chi connectivity index (χ0n) is 16.1. The summed E-state index contributed by atoms with van der Waals surface area (Å²) in [4.78, 5) is 24.4. The van der Waals surface area contributed by atoms with Crippen LogP contribution in [0.4, 0.5) is 11.6 Å². The fourth-order valence-electron chi connectivity index (χ4n) is 2.34. The molecule has 1 atom stereocenters. The van der Waals surface area contributed by atoms with Crippen molar-refractivity contribution in [3.05, 3.63) is 18.2 Å². The zero-order chi connectivity index (χ0) is 20.7. The number of esters is 1. The first-order valence-electron chi connectivity index (χ1n) is 8.42. The van der Waals surface area contributed by atoms with Crippen molar-refractivity contribution in [3.8, 4) is 11.5 Å². The van der Waals surface area contributed by atoms with E-state index in [0.717, 1.165) is 11.8 Å². The van der Waals surface area contributed by atoms with Gasteiger partial charge in [0.15, 0.2) is 5.16 Å². The van der Waals surface area contributed by atoms with E-state index in [1.165, 1.54) is 18.8 Å². The van der Waals surface area contributed by atoms with Crippen LogP contribution in [0.25, 0.3) is 0 Å². The van der Waals surface area contributed by atoms with Crippen molar-refractivity contribution in [2.24, 2.45) is 0 Å². The summed E-state index contributed by atoms with van der Waals surface area (Å²) in [6.45, 7) is 3.66. The molecule has 3 N–H and O–H groups in total. The number of thioether (sulfide) groups is 1. The van der Waals surface area contributed by atoms with Gasteiger partial charge in [-0.3, -0.25) is 14.2 Å². The van der Waals surface area contributed by atoms with Gasteiger partial charge in [0, 0.05) is 6.07 Å². The number of nitrogens with zero attached hydrogens (tertiary/aromatic N) is 3. The van der Waals surface area contributed by atoms with Crippen LogP contribution in [0.1, 0.15) is 19.9 Å². The SMILES string of the molecule is CCOC(=O)CSc1nnc(N)n1C(C)C(=O)Nc1cc(OC)ccc1OC. The van der Waals surface area contributed by atoms with Gasteiger partial charge in [0.2, 0.25) is 11.9 Å². The van der Waals surface area contributed by atoms with Crippen molar-refractivity contribution in [1.82, 2.24) is 14.8 Å². The maximum atomic E-state index is 12.8. The highest BCUT2D eigenvalue weighted by Gasteiger charge is 2.24. The van der Waals surface area contributed by atoms with Crippen LogP contribution in [0.2, 0.25) is 0 Å². The molecule has 2 rings (SSSR count). The average Bonchev–Trinajstić information content (AvgIpc) is 3.06. The molecule has 2 aromatic rings. The molecule has 0 aliphatic carbocycles. The molecule has 152 valence electrons. The van der Waals surface area contributed by atoms with Crippen molar-refractivity contribution in [3.63, 3.8) is 0 Å². The lowest BCUT2D eigenvalue weighted by atomic mass is 10.2. The van der Waals surface area contributed by atoms with Crippen LogP contribution in [0.15, 0.2) is 23.4 Å². The van der Waals surface area contributed by atoms with Gasteiger partial charge in [-0.25, -0.2) is 0 Å². The number of carbonyl (C=O) groups is 2. The van der Waals surface area contributed by atoms with Gasteiger partial charge in [-0.15, -0.1) is 10.2 Å². The second-order valence-corrected chi connectivity index (χ2v) is 6.48. The Kier molecular flexibility index (Phi) is 7.50. The third kappa shape index (κ3) is 5.06. The highest BCUT2D eigenvalue weighted by atomic mass is 32.2. The molecule has 0 fully saturated rings. The molecule has 10 nitrogen and oxygen atoms in total. The van der Waals surface area contributed by atoms with Gasteiger partial charge in [-0.05, 0) is 26.0 Å². The predicted molar refractivity (Wildman–Crippen MR) is 105 cm³/mol. The van der Waals surface area contributed by atoms with Crippen LogP contribution in [-0.2, 0) is 14.3 Å². The quantitative estimate of drug-likeness (QED) is 0.469. The van der Waals surface area contributed by atoms with Crippen LogP contribution in [0.3, 0.4) is 0 Å². The summed E-state index contributed by atoms with van der Waals surface area (Å²) < 4.78 is 16.8. The maximum Gasteiger partial charge on any atom is 0.316 e. The van der Waals surface area contributed by atoms with Gasteiger partial charge in [-0.1, -0.05) is 11.8 Å². The topological polar surface area (TPSA) is 131 Å². The van der Waals surface area contributed by atoms with Crippen molar-refractivity contribution in [2.75, 3.05) is 37.6 Å². The van der Waals surface area contributed by atoms with Gasteiger partial charge < -0.3 is 25.3 Å². The minimum absolute atomic E-state index is 0.0318.